The van der Waals surface area contributed by atoms with Crippen molar-refractivity contribution in [3.8, 4) is 0 Å². The Hall–Kier alpha value is -2.23. The van der Waals surface area contributed by atoms with Crippen LogP contribution in [-0.4, -0.2) is 10.9 Å². The molecule has 20 heavy (non-hydrogen) atoms. The lowest BCUT2D eigenvalue weighted by molar-refractivity contribution is 0.102. The highest BCUT2D eigenvalue weighted by Crippen LogP contribution is 2.21. The molecule has 0 aliphatic carbocycles. The highest BCUT2D eigenvalue weighted by molar-refractivity contribution is 6.04. The number of pyridine rings is 1. The van der Waals surface area contributed by atoms with Crippen molar-refractivity contribution in [1.29, 1.82) is 0 Å². The zero-order valence-electron chi connectivity index (χ0n) is 11.8. The number of amides is 1. The van der Waals surface area contributed by atoms with Gasteiger partial charge in [-0.25, -0.2) is 4.39 Å². The molecule has 0 aliphatic rings. The fraction of sp³-hybridized carbons (Fsp3) is 0.250. The molecule has 4 heteroatoms. The SMILES string of the molecule is CC(C)(C)c1cc(C(=O)Nc2ccccc2F)ccn1. The number of anilines is 1. The number of halogens is 1. The van der Waals surface area contributed by atoms with E-state index >= 15 is 0 Å². The van der Waals surface area contributed by atoms with Gasteiger partial charge < -0.3 is 5.32 Å². The lowest BCUT2D eigenvalue weighted by Gasteiger charge is -2.18. The van der Waals surface area contributed by atoms with Gasteiger partial charge in [0.05, 0.1) is 5.69 Å². The number of hydrogen-bond donors (Lipinski definition) is 1. The van der Waals surface area contributed by atoms with Crippen LogP contribution in [0.15, 0.2) is 42.6 Å². The van der Waals surface area contributed by atoms with Gasteiger partial charge in [-0.1, -0.05) is 32.9 Å². The minimum Gasteiger partial charge on any atom is -0.319 e. The third kappa shape index (κ3) is 3.20. The molecular weight excluding hydrogens is 255 g/mol. The van der Waals surface area contributed by atoms with Crippen molar-refractivity contribution in [2.24, 2.45) is 0 Å². The van der Waals surface area contributed by atoms with Crippen molar-refractivity contribution in [3.05, 3.63) is 59.7 Å². The van der Waals surface area contributed by atoms with Crippen LogP contribution in [0, 0.1) is 5.82 Å². The average molecular weight is 272 g/mol. The van der Waals surface area contributed by atoms with Gasteiger partial charge >= 0.3 is 0 Å². The normalized spacial score (nSPS) is 11.2. The minimum absolute atomic E-state index is 0.145. The second-order valence-corrected chi connectivity index (χ2v) is 5.61. The van der Waals surface area contributed by atoms with Crippen LogP contribution in [0.1, 0.15) is 36.8 Å². The standard InChI is InChI=1S/C16H17FN2O/c1-16(2,3)14-10-11(8-9-18-14)15(20)19-13-7-5-4-6-12(13)17/h4-10H,1-3H3,(H,19,20). The van der Waals surface area contributed by atoms with Crippen molar-refractivity contribution >= 4 is 11.6 Å². The Kier molecular flexibility index (Phi) is 3.84. The number of aromatic nitrogens is 1. The summed E-state index contributed by atoms with van der Waals surface area (Å²) in [6.45, 7) is 6.07. The van der Waals surface area contributed by atoms with Gasteiger partial charge in [-0.2, -0.15) is 0 Å². The van der Waals surface area contributed by atoms with E-state index in [1.807, 2.05) is 20.8 Å². The molecular formula is C16H17FN2O. The summed E-state index contributed by atoms with van der Waals surface area (Å²) in [4.78, 5) is 16.4. The molecule has 2 aromatic rings. The van der Waals surface area contributed by atoms with E-state index in [-0.39, 0.29) is 17.0 Å². The Labute approximate surface area is 117 Å². The van der Waals surface area contributed by atoms with E-state index in [4.69, 9.17) is 0 Å². The highest BCUT2D eigenvalue weighted by atomic mass is 19.1. The van der Waals surface area contributed by atoms with Gasteiger partial charge in [0, 0.05) is 22.9 Å². The summed E-state index contributed by atoms with van der Waals surface area (Å²) in [7, 11) is 0. The highest BCUT2D eigenvalue weighted by Gasteiger charge is 2.17. The number of rotatable bonds is 2. The fourth-order valence-electron chi connectivity index (χ4n) is 1.74. The molecule has 0 radical (unpaired) electrons. The number of nitrogens with one attached hydrogen (secondary N) is 1. The molecule has 1 heterocycles. The van der Waals surface area contributed by atoms with Crippen molar-refractivity contribution in [3.63, 3.8) is 0 Å². The first-order valence-corrected chi connectivity index (χ1v) is 6.40. The van der Waals surface area contributed by atoms with Gasteiger partial charge in [0.25, 0.3) is 5.91 Å². The molecule has 2 rings (SSSR count). The van der Waals surface area contributed by atoms with Crippen LogP contribution in [0.2, 0.25) is 0 Å². The zero-order valence-corrected chi connectivity index (χ0v) is 11.8. The number of hydrogen-bond acceptors (Lipinski definition) is 2. The molecule has 1 N–H and O–H groups in total. The van der Waals surface area contributed by atoms with Gasteiger partial charge in [-0.3, -0.25) is 9.78 Å². The Morgan fingerprint density at radius 2 is 1.90 bits per heavy atom. The van der Waals surface area contributed by atoms with Crippen LogP contribution in [-0.2, 0) is 5.41 Å². The smallest absolute Gasteiger partial charge is 0.255 e. The second-order valence-electron chi connectivity index (χ2n) is 5.61. The Morgan fingerprint density at radius 3 is 2.55 bits per heavy atom. The van der Waals surface area contributed by atoms with Gasteiger partial charge in [0.2, 0.25) is 0 Å². The van der Waals surface area contributed by atoms with E-state index in [2.05, 4.69) is 10.3 Å². The monoisotopic (exact) mass is 272 g/mol. The number of benzene rings is 1. The number of para-hydroxylation sites is 1. The molecule has 0 atom stereocenters. The predicted molar refractivity (Wildman–Crippen MR) is 77.3 cm³/mol. The van der Waals surface area contributed by atoms with Crippen LogP contribution >= 0.6 is 0 Å². The van der Waals surface area contributed by atoms with E-state index in [0.29, 0.717) is 5.56 Å². The molecule has 3 nitrogen and oxygen atoms in total. The summed E-state index contributed by atoms with van der Waals surface area (Å²) < 4.78 is 13.5. The Balaban J connectivity index is 2.24. The van der Waals surface area contributed by atoms with Crippen molar-refractivity contribution in [2.45, 2.75) is 26.2 Å². The summed E-state index contributed by atoms with van der Waals surface area (Å²) in [5, 5.41) is 2.56. The van der Waals surface area contributed by atoms with Gasteiger partial charge in [0.15, 0.2) is 0 Å². The minimum atomic E-state index is -0.453. The molecule has 0 bridgehead atoms. The maximum atomic E-state index is 13.5. The molecule has 0 saturated heterocycles. The molecule has 1 amide bonds. The third-order valence-electron chi connectivity index (χ3n) is 2.91. The summed E-state index contributed by atoms with van der Waals surface area (Å²) in [6, 6.07) is 9.43. The third-order valence-corrected chi connectivity index (χ3v) is 2.91. The quantitative estimate of drug-likeness (QED) is 0.904. The summed E-state index contributed by atoms with van der Waals surface area (Å²) in [6.07, 6.45) is 1.59. The first-order chi connectivity index (χ1) is 9.38. The van der Waals surface area contributed by atoms with Crippen LogP contribution in [0.5, 0.6) is 0 Å². The summed E-state index contributed by atoms with van der Waals surface area (Å²) in [5.74, 6) is -0.797. The lowest BCUT2D eigenvalue weighted by atomic mass is 9.91. The van der Waals surface area contributed by atoms with E-state index in [0.717, 1.165) is 5.69 Å². The number of nitrogens with zero attached hydrogens (tertiary/aromatic N) is 1. The topological polar surface area (TPSA) is 42.0 Å². The lowest BCUT2D eigenvalue weighted by Crippen LogP contribution is -2.17. The second kappa shape index (κ2) is 5.41. The Morgan fingerprint density at radius 1 is 1.20 bits per heavy atom. The fourth-order valence-corrected chi connectivity index (χ4v) is 1.74. The van der Waals surface area contributed by atoms with Crippen LogP contribution in [0.3, 0.4) is 0 Å². The van der Waals surface area contributed by atoms with E-state index in [9.17, 15) is 9.18 Å². The first-order valence-electron chi connectivity index (χ1n) is 6.40. The van der Waals surface area contributed by atoms with E-state index in [1.54, 1.807) is 30.5 Å². The van der Waals surface area contributed by atoms with Gasteiger partial charge in [-0.05, 0) is 24.3 Å². The Bertz CT molecular complexity index is 632. The molecule has 0 saturated carbocycles. The van der Waals surface area contributed by atoms with Crippen molar-refractivity contribution in [2.75, 3.05) is 5.32 Å². The van der Waals surface area contributed by atoms with Gasteiger partial charge in [-0.15, -0.1) is 0 Å². The summed E-state index contributed by atoms with van der Waals surface area (Å²) in [5.41, 5.74) is 1.31. The number of carbonyl (C=O) groups is 1. The van der Waals surface area contributed by atoms with Crippen LogP contribution < -0.4 is 5.32 Å². The molecule has 0 unspecified atom stereocenters. The predicted octanol–water partition coefficient (Wildman–Crippen LogP) is 3.77. The molecule has 0 spiro atoms. The van der Waals surface area contributed by atoms with E-state index in [1.165, 1.54) is 12.1 Å². The molecule has 1 aromatic carbocycles. The molecule has 0 fully saturated rings. The zero-order chi connectivity index (χ0) is 14.8. The maximum Gasteiger partial charge on any atom is 0.255 e. The maximum absolute atomic E-state index is 13.5. The average Bonchev–Trinajstić information content (AvgIpc) is 2.40. The first kappa shape index (κ1) is 14.2. The van der Waals surface area contributed by atoms with E-state index < -0.39 is 5.82 Å². The number of carbonyl (C=O) groups excluding carboxylic acids is 1. The van der Waals surface area contributed by atoms with Crippen molar-refractivity contribution in [1.82, 2.24) is 4.98 Å². The van der Waals surface area contributed by atoms with Crippen LogP contribution in [0.4, 0.5) is 10.1 Å². The molecule has 0 aliphatic heterocycles. The van der Waals surface area contributed by atoms with Gasteiger partial charge in [0.1, 0.15) is 5.82 Å². The molecule has 1 aromatic heterocycles. The van der Waals surface area contributed by atoms with Crippen molar-refractivity contribution < 1.29 is 9.18 Å². The van der Waals surface area contributed by atoms with Crippen LogP contribution in [0.25, 0.3) is 0 Å². The summed E-state index contributed by atoms with van der Waals surface area (Å²) >= 11 is 0. The molecule has 104 valence electrons. The largest absolute Gasteiger partial charge is 0.319 e.